The van der Waals surface area contributed by atoms with Gasteiger partial charge in [0.1, 0.15) is 18.1 Å². The average molecular weight is 501 g/mol. The van der Waals surface area contributed by atoms with Gasteiger partial charge < -0.3 is 9.73 Å². The number of halogens is 2. The Morgan fingerprint density at radius 2 is 1.85 bits per heavy atom. The van der Waals surface area contributed by atoms with Gasteiger partial charge in [-0.15, -0.1) is 0 Å². The Labute approximate surface area is 204 Å². The number of anilines is 1. The van der Waals surface area contributed by atoms with Crippen LogP contribution in [-0.2, 0) is 9.59 Å². The zero-order valence-electron chi connectivity index (χ0n) is 17.6. The van der Waals surface area contributed by atoms with Gasteiger partial charge in [-0.05, 0) is 67.1 Å². The van der Waals surface area contributed by atoms with Crippen molar-refractivity contribution < 1.29 is 18.8 Å². The van der Waals surface area contributed by atoms with Crippen LogP contribution in [0.4, 0.5) is 10.5 Å². The van der Waals surface area contributed by atoms with Gasteiger partial charge >= 0.3 is 0 Å². The Hall–Kier alpha value is -3.00. The maximum absolute atomic E-state index is 12.8. The van der Waals surface area contributed by atoms with Crippen molar-refractivity contribution in [2.75, 3.05) is 11.9 Å². The molecule has 0 bridgehead atoms. The molecule has 2 aromatic carbocycles. The van der Waals surface area contributed by atoms with Gasteiger partial charge in [0.2, 0.25) is 5.91 Å². The van der Waals surface area contributed by atoms with Gasteiger partial charge in [0.05, 0.1) is 15.0 Å². The van der Waals surface area contributed by atoms with Gasteiger partial charge in [-0.2, -0.15) is 0 Å². The largest absolute Gasteiger partial charge is 0.457 e. The summed E-state index contributed by atoms with van der Waals surface area (Å²) in [6.07, 6.45) is 1.47. The number of hydrogen-bond donors (Lipinski definition) is 1. The molecule has 1 fully saturated rings. The zero-order chi connectivity index (χ0) is 23.7. The van der Waals surface area contributed by atoms with Crippen molar-refractivity contribution in [2.24, 2.45) is 0 Å². The highest BCUT2D eigenvalue weighted by molar-refractivity contribution is 8.18. The number of nitrogens with zero attached hydrogens (tertiary/aromatic N) is 1. The minimum atomic E-state index is -0.556. The van der Waals surface area contributed by atoms with Crippen LogP contribution >= 0.6 is 35.0 Å². The van der Waals surface area contributed by atoms with Crippen LogP contribution in [0.2, 0.25) is 10.0 Å². The molecule has 1 aliphatic heterocycles. The second-order valence-corrected chi connectivity index (χ2v) is 9.15. The molecule has 0 aliphatic carbocycles. The summed E-state index contributed by atoms with van der Waals surface area (Å²) in [5, 5.41) is 2.99. The highest BCUT2D eigenvalue weighted by Crippen LogP contribution is 2.36. The molecule has 1 saturated heterocycles. The second-order valence-electron chi connectivity index (χ2n) is 7.37. The Bertz CT molecular complexity index is 1320. The summed E-state index contributed by atoms with van der Waals surface area (Å²) in [4.78, 5) is 38.7. The number of carbonyl (C=O) groups excluding carboxylic acids is 3. The van der Waals surface area contributed by atoms with Gasteiger partial charge in [-0.1, -0.05) is 41.4 Å². The Balaban J connectivity index is 1.48. The van der Waals surface area contributed by atoms with Crippen molar-refractivity contribution in [1.29, 1.82) is 0 Å². The number of rotatable bonds is 5. The first-order valence-corrected chi connectivity index (χ1v) is 11.5. The van der Waals surface area contributed by atoms with E-state index in [4.69, 9.17) is 27.6 Å². The summed E-state index contributed by atoms with van der Waals surface area (Å²) in [6.45, 7) is 3.45. The molecule has 2 heterocycles. The fourth-order valence-corrected chi connectivity index (χ4v) is 4.47. The van der Waals surface area contributed by atoms with Gasteiger partial charge in [0.25, 0.3) is 11.1 Å². The number of nitrogens with one attached hydrogen (secondary N) is 1. The lowest BCUT2D eigenvalue weighted by Gasteiger charge is -2.14. The highest BCUT2D eigenvalue weighted by atomic mass is 35.5. The van der Waals surface area contributed by atoms with Crippen LogP contribution in [0.5, 0.6) is 0 Å². The molecule has 3 aromatic rings. The van der Waals surface area contributed by atoms with Crippen LogP contribution < -0.4 is 5.32 Å². The van der Waals surface area contributed by atoms with Crippen molar-refractivity contribution in [1.82, 2.24) is 4.90 Å². The fraction of sp³-hybridized carbons (Fsp3) is 0.125. The number of aryl methyl sites for hydroxylation is 1. The van der Waals surface area contributed by atoms with Gasteiger partial charge in [0.15, 0.2) is 0 Å². The van der Waals surface area contributed by atoms with E-state index in [-0.39, 0.29) is 11.4 Å². The summed E-state index contributed by atoms with van der Waals surface area (Å²) in [5.41, 5.74) is 3.21. The van der Waals surface area contributed by atoms with E-state index < -0.39 is 17.1 Å². The molecule has 0 saturated carbocycles. The van der Waals surface area contributed by atoms with E-state index in [0.29, 0.717) is 32.8 Å². The first-order valence-electron chi connectivity index (χ1n) is 9.90. The SMILES string of the molecule is Cc1cccc(NC(=O)CN2C(=O)S/C(=C/c3ccc(-c4cccc(Cl)c4Cl)o3)C2=O)c1C. The van der Waals surface area contributed by atoms with Crippen LogP contribution in [-0.4, -0.2) is 28.5 Å². The first-order chi connectivity index (χ1) is 15.7. The van der Waals surface area contributed by atoms with E-state index in [1.165, 1.54) is 6.08 Å². The number of thioether (sulfide) groups is 1. The molecular weight excluding hydrogens is 483 g/mol. The van der Waals surface area contributed by atoms with E-state index in [2.05, 4.69) is 5.32 Å². The molecule has 1 aromatic heterocycles. The van der Waals surface area contributed by atoms with E-state index in [9.17, 15) is 14.4 Å². The van der Waals surface area contributed by atoms with Crippen molar-refractivity contribution in [2.45, 2.75) is 13.8 Å². The monoisotopic (exact) mass is 500 g/mol. The van der Waals surface area contributed by atoms with Gasteiger partial charge in [-0.25, -0.2) is 0 Å². The lowest BCUT2D eigenvalue weighted by Crippen LogP contribution is -2.36. The third-order valence-electron chi connectivity index (χ3n) is 5.17. The molecule has 168 valence electrons. The van der Waals surface area contributed by atoms with E-state index in [1.807, 2.05) is 26.0 Å². The highest BCUT2D eigenvalue weighted by Gasteiger charge is 2.36. The number of imide groups is 1. The van der Waals surface area contributed by atoms with Gasteiger partial charge in [-0.3, -0.25) is 19.3 Å². The maximum atomic E-state index is 12.8. The molecule has 0 radical (unpaired) electrons. The summed E-state index contributed by atoms with van der Waals surface area (Å²) >= 11 is 13.1. The molecule has 0 atom stereocenters. The number of benzene rings is 2. The standard InChI is InChI=1S/C24H18Cl2N2O4S/c1-13-5-3-8-18(14(13)2)27-21(29)12-28-23(30)20(33-24(28)31)11-15-9-10-19(32-15)16-6-4-7-17(25)22(16)26/h3-11H,12H2,1-2H3,(H,27,29)/b20-11+. The van der Waals surface area contributed by atoms with Crippen molar-refractivity contribution >= 4 is 63.8 Å². The molecule has 4 rings (SSSR count). The Morgan fingerprint density at radius 1 is 1.09 bits per heavy atom. The molecule has 0 unspecified atom stereocenters. The van der Waals surface area contributed by atoms with Crippen molar-refractivity contribution in [3.05, 3.63) is 80.4 Å². The van der Waals surface area contributed by atoms with Crippen LogP contribution in [0.1, 0.15) is 16.9 Å². The lowest BCUT2D eigenvalue weighted by molar-refractivity contribution is -0.127. The normalized spacial score (nSPS) is 14.9. The fourth-order valence-electron chi connectivity index (χ4n) is 3.25. The quantitative estimate of drug-likeness (QED) is 0.402. The molecule has 6 nitrogen and oxygen atoms in total. The summed E-state index contributed by atoms with van der Waals surface area (Å²) in [7, 11) is 0. The van der Waals surface area contributed by atoms with Crippen molar-refractivity contribution in [3.8, 4) is 11.3 Å². The number of hydrogen-bond acceptors (Lipinski definition) is 5. The average Bonchev–Trinajstić information content (AvgIpc) is 3.33. The summed E-state index contributed by atoms with van der Waals surface area (Å²) in [6, 6.07) is 14.1. The minimum Gasteiger partial charge on any atom is -0.457 e. The molecule has 1 N–H and O–H groups in total. The van der Waals surface area contributed by atoms with Crippen LogP contribution in [0, 0.1) is 13.8 Å². The van der Waals surface area contributed by atoms with Gasteiger partial charge in [0, 0.05) is 17.3 Å². The van der Waals surface area contributed by atoms with Crippen molar-refractivity contribution in [3.63, 3.8) is 0 Å². The molecule has 9 heteroatoms. The predicted octanol–water partition coefficient (Wildman–Crippen LogP) is 6.55. The van der Waals surface area contributed by atoms with E-state index in [0.717, 1.165) is 27.8 Å². The maximum Gasteiger partial charge on any atom is 0.294 e. The third kappa shape index (κ3) is 4.85. The summed E-state index contributed by atoms with van der Waals surface area (Å²) in [5.74, 6) is -0.171. The smallest absolute Gasteiger partial charge is 0.294 e. The number of carbonyl (C=O) groups is 3. The predicted molar refractivity (Wildman–Crippen MR) is 131 cm³/mol. The van der Waals surface area contributed by atoms with E-state index in [1.54, 1.807) is 36.4 Å². The number of amides is 3. The van der Waals surface area contributed by atoms with Crippen LogP contribution in [0.25, 0.3) is 17.4 Å². The first kappa shape index (κ1) is 23.2. The second kappa shape index (κ2) is 9.47. The zero-order valence-corrected chi connectivity index (χ0v) is 20.0. The molecular formula is C24H18Cl2N2O4S. The lowest BCUT2D eigenvalue weighted by atomic mass is 10.1. The van der Waals surface area contributed by atoms with Crippen LogP contribution in [0.3, 0.4) is 0 Å². The Morgan fingerprint density at radius 3 is 2.64 bits per heavy atom. The topological polar surface area (TPSA) is 79.6 Å². The molecule has 0 spiro atoms. The Kier molecular flexibility index (Phi) is 6.65. The summed E-state index contributed by atoms with van der Waals surface area (Å²) < 4.78 is 5.78. The minimum absolute atomic E-state index is 0.164. The number of furan rings is 1. The molecule has 1 aliphatic rings. The van der Waals surface area contributed by atoms with Crippen LogP contribution in [0.15, 0.2) is 57.9 Å². The third-order valence-corrected chi connectivity index (χ3v) is 6.90. The van der Waals surface area contributed by atoms with E-state index >= 15 is 0 Å². The molecule has 33 heavy (non-hydrogen) atoms. The molecule has 3 amide bonds.